The Balaban J connectivity index is 2.15. The maximum absolute atomic E-state index is 8.80. The molecule has 3 atom stereocenters. The maximum Gasteiger partial charge on any atom is 0.101 e. The quantitative estimate of drug-likeness (QED) is 0.726. The summed E-state index contributed by atoms with van der Waals surface area (Å²) in [6, 6.07) is 2.88. The Kier molecular flexibility index (Phi) is 4.76. The molecular weight excluding hydrogens is 198 g/mol. The molecule has 3 unspecified atom stereocenters. The van der Waals surface area contributed by atoms with Crippen molar-refractivity contribution in [3.8, 4) is 6.07 Å². The van der Waals surface area contributed by atoms with Crippen molar-refractivity contribution >= 4 is 0 Å². The first-order valence-corrected chi connectivity index (χ1v) is 6.39. The summed E-state index contributed by atoms with van der Waals surface area (Å²) in [6.07, 6.45) is 4.35. The summed E-state index contributed by atoms with van der Waals surface area (Å²) in [4.78, 5) is 2.56. The minimum atomic E-state index is -0.635. The average molecular weight is 223 g/mol. The predicted octanol–water partition coefficient (Wildman–Crippen LogP) is 2.13. The third-order valence-electron chi connectivity index (χ3n) is 3.56. The molecule has 3 heteroatoms. The monoisotopic (exact) mass is 223 g/mol. The third kappa shape index (κ3) is 4.11. The van der Waals surface area contributed by atoms with Crippen LogP contribution in [0.3, 0.4) is 0 Å². The van der Waals surface area contributed by atoms with Gasteiger partial charge in [0.15, 0.2) is 0 Å². The van der Waals surface area contributed by atoms with E-state index in [-0.39, 0.29) is 0 Å². The van der Waals surface area contributed by atoms with Crippen LogP contribution < -0.4 is 5.73 Å². The molecule has 1 fully saturated rings. The van der Waals surface area contributed by atoms with Crippen LogP contribution in [0.15, 0.2) is 0 Å². The summed E-state index contributed by atoms with van der Waals surface area (Å²) in [5.74, 6) is 0.842. The highest BCUT2D eigenvalue weighted by Gasteiger charge is 2.25. The summed E-state index contributed by atoms with van der Waals surface area (Å²) < 4.78 is 0. The van der Waals surface area contributed by atoms with Gasteiger partial charge < -0.3 is 10.6 Å². The van der Waals surface area contributed by atoms with E-state index in [4.69, 9.17) is 11.0 Å². The van der Waals surface area contributed by atoms with Crippen molar-refractivity contribution in [3.05, 3.63) is 0 Å². The van der Waals surface area contributed by atoms with Gasteiger partial charge in [0.2, 0.25) is 0 Å². The molecule has 0 aromatic rings. The summed E-state index contributed by atoms with van der Waals surface area (Å²) in [7, 11) is 0. The minimum Gasteiger partial charge on any atom is -0.314 e. The number of nitriles is 1. The van der Waals surface area contributed by atoms with Gasteiger partial charge in [0, 0.05) is 12.6 Å². The standard InChI is InChI=1S/C13H25N3/c1-11-8-12(2)16(9-11)7-5-4-6-13(3,15)10-14/h11-12H,4-9,15H2,1-3H3. The van der Waals surface area contributed by atoms with E-state index >= 15 is 0 Å². The molecule has 0 spiro atoms. The van der Waals surface area contributed by atoms with Crippen molar-refractivity contribution < 1.29 is 0 Å². The molecule has 16 heavy (non-hydrogen) atoms. The molecule has 0 amide bonds. The molecule has 3 nitrogen and oxygen atoms in total. The van der Waals surface area contributed by atoms with Crippen LogP contribution in [-0.4, -0.2) is 29.6 Å². The Hall–Kier alpha value is -0.590. The van der Waals surface area contributed by atoms with Gasteiger partial charge in [-0.25, -0.2) is 0 Å². The van der Waals surface area contributed by atoms with Gasteiger partial charge in [0.1, 0.15) is 5.54 Å². The first-order valence-electron chi connectivity index (χ1n) is 6.39. The van der Waals surface area contributed by atoms with Crippen LogP contribution in [0.25, 0.3) is 0 Å². The van der Waals surface area contributed by atoms with Gasteiger partial charge in [0.25, 0.3) is 0 Å². The average Bonchev–Trinajstić information content (AvgIpc) is 2.52. The van der Waals surface area contributed by atoms with Crippen molar-refractivity contribution in [1.29, 1.82) is 5.26 Å². The summed E-state index contributed by atoms with van der Waals surface area (Å²) in [5.41, 5.74) is 5.15. The number of unbranched alkanes of at least 4 members (excludes halogenated alkanes) is 1. The lowest BCUT2D eigenvalue weighted by atomic mass is 9.98. The SMILES string of the molecule is CC1CC(C)N(CCCCC(C)(N)C#N)C1. The summed E-state index contributed by atoms with van der Waals surface area (Å²) in [6.45, 7) is 8.84. The lowest BCUT2D eigenvalue weighted by molar-refractivity contribution is 0.257. The van der Waals surface area contributed by atoms with Crippen LogP contribution in [0, 0.1) is 17.2 Å². The van der Waals surface area contributed by atoms with E-state index in [9.17, 15) is 0 Å². The van der Waals surface area contributed by atoms with E-state index in [1.165, 1.54) is 13.0 Å². The third-order valence-corrected chi connectivity index (χ3v) is 3.56. The van der Waals surface area contributed by atoms with E-state index in [2.05, 4.69) is 24.8 Å². The van der Waals surface area contributed by atoms with Crippen molar-refractivity contribution in [1.82, 2.24) is 4.90 Å². The predicted molar refractivity (Wildman–Crippen MR) is 66.9 cm³/mol. The van der Waals surface area contributed by atoms with E-state index in [0.29, 0.717) is 0 Å². The molecule has 1 rings (SSSR count). The Morgan fingerprint density at radius 3 is 2.62 bits per heavy atom. The Morgan fingerprint density at radius 2 is 2.12 bits per heavy atom. The fraction of sp³-hybridized carbons (Fsp3) is 0.923. The van der Waals surface area contributed by atoms with Crippen LogP contribution in [0.2, 0.25) is 0 Å². The van der Waals surface area contributed by atoms with Crippen LogP contribution in [-0.2, 0) is 0 Å². The van der Waals surface area contributed by atoms with Crippen molar-refractivity contribution in [3.63, 3.8) is 0 Å². The zero-order valence-electron chi connectivity index (χ0n) is 10.9. The number of rotatable bonds is 5. The molecule has 2 N–H and O–H groups in total. The van der Waals surface area contributed by atoms with E-state index in [0.717, 1.165) is 37.8 Å². The number of nitrogens with two attached hydrogens (primary N) is 1. The Bertz CT molecular complexity index is 254. The molecule has 0 radical (unpaired) electrons. The lowest BCUT2D eigenvalue weighted by Gasteiger charge is -2.21. The first-order chi connectivity index (χ1) is 7.44. The van der Waals surface area contributed by atoms with Crippen LogP contribution >= 0.6 is 0 Å². The first kappa shape index (κ1) is 13.5. The summed E-state index contributed by atoms with van der Waals surface area (Å²) >= 11 is 0. The van der Waals surface area contributed by atoms with Crippen LogP contribution in [0.4, 0.5) is 0 Å². The largest absolute Gasteiger partial charge is 0.314 e. The van der Waals surface area contributed by atoms with Gasteiger partial charge in [-0.3, -0.25) is 0 Å². The molecule has 0 aromatic carbocycles. The lowest BCUT2D eigenvalue weighted by Crippen LogP contribution is -2.34. The van der Waals surface area contributed by atoms with Crippen molar-refractivity contribution in [2.24, 2.45) is 11.7 Å². The van der Waals surface area contributed by atoms with Crippen LogP contribution in [0.1, 0.15) is 46.5 Å². The zero-order valence-corrected chi connectivity index (χ0v) is 10.9. The minimum absolute atomic E-state index is 0.635. The zero-order chi connectivity index (χ0) is 12.2. The number of likely N-dealkylation sites (tertiary alicyclic amines) is 1. The second-order valence-corrected chi connectivity index (χ2v) is 5.67. The fourth-order valence-corrected chi connectivity index (χ4v) is 2.56. The van der Waals surface area contributed by atoms with Gasteiger partial charge in [-0.1, -0.05) is 6.92 Å². The van der Waals surface area contributed by atoms with Crippen LogP contribution in [0.5, 0.6) is 0 Å². The smallest absolute Gasteiger partial charge is 0.101 e. The molecule has 1 aliphatic heterocycles. The van der Waals surface area contributed by atoms with Gasteiger partial charge in [0.05, 0.1) is 6.07 Å². The second-order valence-electron chi connectivity index (χ2n) is 5.67. The molecular formula is C13H25N3. The van der Waals surface area contributed by atoms with Gasteiger partial charge in [-0.05, 0) is 52.0 Å². The molecule has 1 saturated heterocycles. The highest BCUT2D eigenvalue weighted by Crippen LogP contribution is 2.22. The van der Waals surface area contributed by atoms with E-state index < -0.39 is 5.54 Å². The van der Waals surface area contributed by atoms with Gasteiger partial charge in [-0.2, -0.15) is 5.26 Å². The van der Waals surface area contributed by atoms with E-state index in [1.807, 2.05) is 6.92 Å². The number of hydrogen-bond acceptors (Lipinski definition) is 3. The van der Waals surface area contributed by atoms with Crippen molar-refractivity contribution in [2.45, 2.75) is 58.0 Å². The molecule has 0 saturated carbocycles. The molecule has 0 aromatic heterocycles. The Morgan fingerprint density at radius 1 is 1.44 bits per heavy atom. The van der Waals surface area contributed by atoms with E-state index in [1.54, 1.807) is 0 Å². The normalized spacial score (nSPS) is 29.9. The number of nitrogens with zero attached hydrogens (tertiary/aromatic N) is 2. The maximum atomic E-state index is 8.80. The second kappa shape index (κ2) is 5.65. The van der Waals surface area contributed by atoms with Crippen molar-refractivity contribution in [2.75, 3.05) is 13.1 Å². The molecule has 1 heterocycles. The molecule has 1 aliphatic rings. The Labute approximate surface area is 99.6 Å². The highest BCUT2D eigenvalue weighted by atomic mass is 15.2. The highest BCUT2D eigenvalue weighted by molar-refractivity contribution is 5.00. The molecule has 92 valence electrons. The topological polar surface area (TPSA) is 53.0 Å². The fourth-order valence-electron chi connectivity index (χ4n) is 2.56. The van der Waals surface area contributed by atoms with Gasteiger partial charge in [-0.15, -0.1) is 0 Å². The number of hydrogen-bond donors (Lipinski definition) is 1. The molecule has 0 bridgehead atoms. The molecule has 0 aliphatic carbocycles. The van der Waals surface area contributed by atoms with Gasteiger partial charge >= 0.3 is 0 Å². The summed E-state index contributed by atoms with van der Waals surface area (Å²) in [5, 5.41) is 8.80.